The van der Waals surface area contributed by atoms with Gasteiger partial charge in [0.05, 0.1) is 4.90 Å². The highest BCUT2D eigenvalue weighted by Crippen LogP contribution is 2.32. The minimum absolute atomic E-state index is 0.0662. The molecule has 0 aliphatic heterocycles. The van der Waals surface area contributed by atoms with E-state index in [1.54, 1.807) is 6.07 Å². The second-order valence-corrected chi connectivity index (χ2v) is 8.78. The highest BCUT2D eigenvalue weighted by Gasteiger charge is 2.21. The fourth-order valence-electron chi connectivity index (χ4n) is 3.03. The van der Waals surface area contributed by atoms with Gasteiger partial charge in [0.15, 0.2) is 15.8 Å². The van der Waals surface area contributed by atoms with Crippen LogP contribution >= 0.6 is 0 Å². The quantitative estimate of drug-likeness (QED) is 0.546. The number of sulfone groups is 1. The number of nitrogens with two attached hydrogens (primary N) is 2. The van der Waals surface area contributed by atoms with Crippen molar-refractivity contribution in [2.24, 2.45) is 16.5 Å². The largest absolute Gasteiger partial charge is 0.370 e. The molecule has 28 heavy (non-hydrogen) atoms. The van der Waals surface area contributed by atoms with Gasteiger partial charge in [0, 0.05) is 11.8 Å². The molecule has 2 rings (SSSR count). The number of benzene rings is 2. The van der Waals surface area contributed by atoms with Gasteiger partial charge in [-0.25, -0.2) is 8.42 Å². The van der Waals surface area contributed by atoms with E-state index < -0.39 is 15.7 Å². The molecule has 0 heterocycles. The summed E-state index contributed by atoms with van der Waals surface area (Å²) in [4.78, 5) is 16.4. The molecule has 2 aromatic carbocycles. The number of unbranched alkanes of at least 4 members (excludes halogenated alkanes) is 1. The summed E-state index contributed by atoms with van der Waals surface area (Å²) in [6.07, 6.45) is 4.41. The molecular weight excluding hydrogens is 374 g/mol. The number of guanidine groups is 1. The molecule has 7 heteroatoms. The maximum atomic E-state index is 12.7. The molecule has 0 radical (unpaired) electrons. The van der Waals surface area contributed by atoms with Gasteiger partial charge in [-0.3, -0.25) is 4.79 Å². The van der Waals surface area contributed by atoms with E-state index in [4.69, 9.17) is 11.5 Å². The number of rotatable bonds is 7. The summed E-state index contributed by atoms with van der Waals surface area (Å²) in [7, 11) is -3.53. The van der Waals surface area contributed by atoms with Crippen LogP contribution in [0, 0.1) is 0 Å². The van der Waals surface area contributed by atoms with E-state index in [0.717, 1.165) is 36.6 Å². The van der Waals surface area contributed by atoms with Gasteiger partial charge in [0.1, 0.15) is 0 Å². The third kappa shape index (κ3) is 5.19. The second kappa shape index (κ2) is 9.01. The Hall–Kier alpha value is -2.67. The molecule has 0 aliphatic carbocycles. The van der Waals surface area contributed by atoms with Crippen LogP contribution in [0.3, 0.4) is 0 Å². The van der Waals surface area contributed by atoms with Crippen molar-refractivity contribution in [3.8, 4) is 11.1 Å². The van der Waals surface area contributed by atoms with Crippen molar-refractivity contribution < 1.29 is 13.2 Å². The molecule has 0 saturated carbocycles. The van der Waals surface area contributed by atoms with E-state index in [9.17, 15) is 13.2 Å². The summed E-state index contributed by atoms with van der Waals surface area (Å²) in [5.41, 5.74) is 14.5. The van der Waals surface area contributed by atoms with Gasteiger partial charge in [-0.15, -0.1) is 0 Å². The number of amides is 1. The van der Waals surface area contributed by atoms with E-state index in [0.29, 0.717) is 12.0 Å². The molecule has 0 bridgehead atoms. The van der Waals surface area contributed by atoms with Gasteiger partial charge in [0.2, 0.25) is 0 Å². The lowest BCUT2D eigenvalue weighted by Gasteiger charge is -2.16. The number of aryl methyl sites for hydroxylation is 1. The second-order valence-electron chi connectivity index (χ2n) is 6.76. The van der Waals surface area contributed by atoms with Crippen molar-refractivity contribution in [3.05, 3.63) is 53.1 Å². The van der Waals surface area contributed by atoms with Gasteiger partial charge < -0.3 is 11.5 Å². The standard InChI is InChI=1S/C21H27N3O3S/c1-4-6-7-17-18(15-10-8-14(5-2)9-11-15)12-16(28(3,26)27)13-19(17)20(25)24-21(22)23/h8-13H,4-7H2,1-3H3,(H4,22,23,24,25). The molecule has 4 N–H and O–H groups in total. The molecule has 0 fully saturated rings. The van der Waals surface area contributed by atoms with Gasteiger partial charge >= 0.3 is 0 Å². The Balaban J connectivity index is 2.81. The summed E-state index contributed by atoms with van der Waals surface area (Å²) < 4.78 is 24.5. The molecule has 1 amide bonds. The number of carbonyl (C=O) groups excluding carboxylic acids is 1. The van der Waals surface area contributed by atoms with Crippen molar-refractivity contribution in [2.45, 2.75) is 44.4 Å². The molecular formula is C21H27N3O3S. The van der Waals surface area contributed by atoms with Crippen molar-refractivity contribution in [1.29, 1.82) is 0 Å². The molecule has 0 atom stereocenters. The molecule has 0 unspecified atom stereocenters. The monoisotopic (exact) mass is 401 g/mol. The maximum absolute atomic E-state index is 12.7. The van der Waals surface area contributed by atoms with Crippen LogP contribution in [-0.4, -0.2) is 26.5 Å². The summed E-state index contributed by atoms with van der Waals surface area (Å²) in [6, 6.07) is 10.9. The predicted octanol–water partition coefficient (Wildman–Crippen LogP) is 3.08. The molecule has 0 aromatic heterocycles. The zero-order valence-corrected chi connectivity index (χ0v) is 17.3. The van der Waals surface area contributed by atoms with Crippen LogP contribution in [0.25, 0.3) is 11.1 Å². The number of aliphatic imine (C=N–C) groups is 1. The van der Waals surface area contributed by atoms with Crippen LogP contribution in [-0.2, 0) is 22.7 Å². The van der Waals surface area contributed by atoms with Crippen molar-refractivity contribution >= 4 is 21.7 Å². The summed E-state index contributed by atoms with van der Waals surface area (Å²) in [5, 5.41) is 0. The Morgan fingerprint density at radius 1 is 1.07 bits per heavy atom. The highest BCUT2D eigenvalue weighted by molar-refractivity contribution is 7.90. The smallest absolute Gasteiger partial charge is 0.280 e. The predicted molar refractivity (Wildman–Crippen MR) is 113 cm³/mol. The Kier molecular flexibility index (Phi) is 6.96. The fourth-order valence-corrected chi connectivity index (χ4v) is 3.69. The van der Waals surface area contributed by atoms with Crippen LogP contribution in [0.4, 0.5) is 0 Å². The van der Waals surface area contributed by atoms with Crippen LogP contribution in [0.15, 0.2) is 46.3 Å². The summed E-state index contributed by atoms with van der Waals surface area (Å²) in [5.74, 6) is -0.993. The lowest BCUT2D eigenvalue weighted by atomic mass is 9.91. The number of nitrogens with zero attached hydrogens (tertiary/aromatic N) is 1. The molecule has 2 aromatic rings. The molecule has 6 nitrogen and oxygen atoms in total. The van der Waals surface area contributed by atoms with Gasteiger partial charge in [-0.2, -0.15) is 4.99 Å². The van der Waals surface area contributed by atoms with Crippen LogP contribution in [0.1, 0.15) is 48.2 Å². The van der Waals surface area contributed by atoms with Gasteiger partial charge in [0.25, 0.3) is 5.91 Å². The topological polar surface area (TPSA) is 116 Å². The Morgan fingerprint density at radius 3 is 2.21 bits per heavy atom. The first kappa shape index (κ1) is 21.6. The van der Waals surface area contributed by atoms with Crippen LogP contribution in [0.2, 0.25) is 0 Å². The molecule has 0 spiro atoms. The maximum Gasteiger partial charge on any atom is 0.280 e. The van der Waals surface area contributed by atoms with E-state index in [1.807, 2.05) is 24.3 Å². The first-order valence-electron chi connectivity index (χ1n) is 9.27. The Labute approximate surface area is 166 Å². The average Bonchev–Trinajstić information content (AvgIpc) is 2.64. The van der Waals surface area contributed by atoms with E-state index >= 15 is 0 Å². The minimum Gasteiger partial charge on any atom is -0.370 e. The van der Waals surface area contributed by atoms with Crippen molar-refractivity contribution in [1.82, 2.24) is 0 Å². The zero-order chi connectivity index (χ0) is 20.9. The average molecular weight is 402 g/mol. The van der Waals surface area contributed by atoms with Crippen molar-refractivity contribution in [3.63, 3.8) is 0 Å². The third-order valence-corrected chi connectivity index (χ3v) is 5.66. The molecule has 150 valence electrons. The summed E-state index contributed by atoms with van der Waals surface area (Å²) >= 11 is 0. The van der Waals surface area contributed by atoms with Crippen LogP contribution in [0.5, 0.6) is 0 Å². The highest BCUT2D eigenvalue weighted by atomic mass is 32.2. The number of carbonyl (C=O) groups is 1. The van der Waals surface area contributed by atoms with E-state index in [-0.39, 0.29) is 16.4 Å². The lowest BCUT2D eigenvalue weighted by Crippen LogP contribution is -2.24. The van der Waals surface area contributed by atoms with Crippen molar-refractivity contribution in [2.75, 3.05) is 6.26 Å². The third-order valence-electron chi connectivity index (χ3n) is 4.57. The summed E-state index contributed by atoms with van der Waals surface area (Å²) in [6.45, 7) is 4.12. The SMILES string of the molecule is CCCCc1c(C(=O)N=C(N)N)cc(S(C)(=O)=O)cc1-c1ccc(CC)cc1. The zero-order valence-electron chi connectivity index (χ0n) is 16.5. The first-order chi connectivity index (χ1) is 13.2. The Bertz CT molecular complexity index is 990. The van der Waals surface area contributed by atoms with Crippen LogP contribution < -0.4 is 11.5 Å². The minimum atomic E-state index is -3.53. The van der Waals surface area contributed by atoms with Gasteiger partial charge in [-0.05, 0) is 53.6 Å². The van der Waals surface area contributed by atoms with Gasteiger partial charge in [-0.1, -0.05) is 44.5 Å². The number of hydrogen-bond donors (Lipinski definition) is 2. The fraction of sp³-hybridized carbons (Fsp3) is 0.333. The number of hydrogen-bond acceptors (Lipinski definition) is 3. The Morgan fingerprint density at radius 2 is 1.71 bits per heavy atom. The molecule has 0 saturated heterocycles. The lowest BCUT2D eigenvalue weighted by molar-refractivity contribution is 0.100. The van der Waals surface area contributed by atoms with E-state index in [1.165, 1.54) is 11.6 Å². The molecule has 0 aliphatic rings. The normalized spacial score (nSPS) is 11.2. The first-order valence-corrected chi connectivity index (χ1v) is 11.2. The van der Waals surface area contributed by atoms with E-state index in [2.05, 4.69) is 18.8 Å².